The zero-order valence-corrected chi connectivity index (χ0v) is 13.2. The van der Waals surface area contributed by atoms with E-state index in [1.165, 1.54) is 24.3 Å². The van der Waals surface area contributed by atoms with Crippen LogP contribution in [0.4, 0.5) is 8.78 Å². The minimum absolute atomic E-state index is 0.0350. The van der Waals surface area contributed by atoms with Crippen LogP contribution in [0.5, 0.6) is 0 Å². The van der Waals surface area contributed by atoms with E-state index in [0.29, 0.717) is 10.0 Å². The van der Waals surface area contributed by atoms with Crippen LogP contribution in [0.2, 0.25) is 5.02 Å². The number of benzene rings is 2. The van der Waals surface area contributed by atoms with E-state index in [9.17, 15) is 13.9 Å². The summed E-state index contributed by atoms with van der Waals surface area (Å²) in [4.78, 5) is 0. The molecule has 0 aliphatic carbocycles. The first-order valence-corrected chi connectivity index (χ1v) is 7.39. The molecule has 0 aliphatic heterocycles. The molecule has 3 N–H and O–H groups in total. The van der Waals surface area contributed by atoms with Crippen LogP contribution in [0.25, 0.3) is 0 Å². The van der Waals surface area contributed by atoms with E-state index in [4.69, 9.17) is 17.3 Å². The van der Waals surface area contributed by atoms with E-state index in [1.54, 1.807) is 6.07 Å². The van der Waals surface area contributed by atoms with E-state index < -0.39 is 23.7 Å². The summed E-state index contributed by atoms with van der Waals surface area (Å²) in [7, 11) is 0. The molecule has 2 atom stereocenters. The van der Waals surface area contributed by atoms with E-state index in [-0.39, 0.29) is 17.1 Å². The molecule has 2 unspecified atom stereocenters. The van der Waals surface area contributed by atoms with Gasteiger partial charge >= 0.3 is 0 Å². The van der Waals surface area contributed by atoms with Crippen molar-refractivity contribution in [2.45, 2.75) is 12.0 Å². The standard InChI is InChI=1S/C15H13BrClF2NO/c16-11-2-1-3-13(19)14(11)15(21)10(7-20)9-5-4-8(18)6-12(9)17/h1-6,10,15,21H,7,20H2. The molecule has 0 fully saturated rings. The quantitative estimate of drug-likeness (QED) is 0.842. The number of hydrogen-bond donors (Lipinski definition) is 2. The van der Waals surface area contributed by atoms with Crippen molar-refractivity contribution in [1.82, 2.24) is 0 Å². The minimum Gasteiger partial charge on any atom is -0.388 e. The number of hydrogen-bond acceptors (Lipinski definition) is 2. The first-order chi connectivity index (χ1) is 9.95. The molecule has 0 spiro atoms. The van der Waals surface area contributed by atoms with Gasteiger partial charge in [0.1, 0.15) is 11.6 Å². The number of halogens is 4. The maximum absolute atomic E-state index is 14.0. The Kier molecular flexibility index (Phi) is 5.32. The summed E-state index contributed by atoms with van der Waals surface area (Å²) < 4.78 is 27.5. The average Bonchev–Trinajstić information content (AvgIpc) is 2.41. The SMILES string of the molecule is NCC(c1ccc(F)cc1Cl)C(O)c1c(F)cccc1Br. The van der Waals surface area contributed by atoms with E-state index in [2.05, 4.69) is 15.9 Å². The van der Waals surface area contributed by atoms with Crippen molar-refractivity contribution in [1.29, 1.82) is 0 Å². The molecule has 6 heteroatoms. The highest BCUT2D eigenvalue weighted by Gasteiger charge is 2.27. The van der Waals surface area contributed by atoms with Gasteiger partial charge in [-0.2, -0.15) is 0 Å². The van der Waals surface area contributed by atoms with Gasteiger partial charge in [-0.3, -0.25) is 0 Å². The zero-order chi connectivity index (χ0) is 15.6. The number of aliphatic hydroxyl groups excluding tert-OH is 1. The molecule has 0 amide bonds. The Morgan fingerprint density at radius 3 is 2.52 bits per heavy atom. The number of aliphatic hydroxyl groups is 1. The third-order valence-corrected chi connectivity index (χ3v) is 4.31. The highest BCUT2D eigenvalue weighted by Crippen LogP contribution is 2.38. The van der Waals surface area contributed by atoms with E-state index in [1.807, 2.05) is 0 Å². The Labute approximate surface area is 134 Å². The third-order valence-electron chi connectivity index (χ3n) is 3.29. The lowest BCUT2D eigenvalue weighted by atomic mass is 9.89. The summed E-state index contributed by atoms with van der Waals surface area (Å²) in [5, 5.41) is 10.6. The maximum atomic E-state index is 14.0. The molecule has 0 radical (unpaired) electrons. The molecule has 112 valence electrons. The highest BCUT2D eigenvalue weighted by atomic mass is 79.9. The van der Waals surface area contributed by atoms with Gasteiger partial charge in [0, 0.05) is 27.5 Å². The molecule has 2 nitrogen and oxygen atoms in total. The highest BCUT2D eigenvalue weighted by molar-refractivity contribution is 9.10. The molecule has 2 rings (SSSR count). The fraction of sp³-hybridized carbons (Fsp3) is 0.200. The Morgan fingerprint density at radius 2 is 1.95 bits per heavy atom. The lowest BCUT2D eigenvalue weighted by Crippen LogP contribution is -2.21. The van der Waals surface area contributed by atoms with E-state index in [0.717, 1.165) is 6.07 Å². The Hall–Kier alpha value is -1.01. The fourth-order valence-electron chi connectivity index (χ4n) is 2.22. The number of nitrogens with two attached hydrogens (primary N) is 1. The second-order valence-corrected chi connectivity index (χ2v) is 5.85. The molecule has 0 aromatic heterocycles. The van der Waals surface area contributed by atoms with Crippen LogP contribution >= 0.6 is 27.5 Å². The summed E-state index contributed by atoms with van der Waals surface area (Å²) >= 11 is 9.22. The molecule has 21 heavy (non-hydrogen) atoms. The van der Waals surface area contributed by atoms with Gasteiger partial charge in [0.25, 0.3) is 0 Å². The summed E-state index contributed by atoms with van der Waals surface area (Å²) in [5.41, 5.74) is 6.28. The predicted octanol–water partition coefficient (Wildman–Crippen LogP) is 4.16. The topological polar surface area (TPSA) is 46.2 Å². The van der Waals surface area contributed by atoms with Crippen molar-refractivity contribution in [3.63, 3.8) is 0 Å². The van der Waals surface area contributed by atoms with Crippen LogP contribution in [0.3, 0.4) is 0 Å². The molecule has 0 bridgehead atoms. The number of rotatable bonds is 4. The Bertz CT molecular complexity index is 633. The van der Waals surface area contributed by atoms with Gasteiger partial charge in [0.2, 0.25) is 0 Å². The summed E-state index contributed by atoms with van der Waals surface area (Å²) in [6.45, 7) is 0.0350. The van der Waals surface area contributed by atoms with Crippen LogP contribution in [0, 0.1) is 11.6 Å². The molecule has 0 aliphatic rings. The molecular weight excluding hydrogens is 364 g/mol. The van der Waals surface area contributed by atoms with Crippen molar-refractivity contribution in [3.8, 4) is 0 Å². The van der Waals surface area contributed by atoms with Gasteiger partial charge in [-0.05, 0) is 29.8 Å². The van der Waals surface area contributed by atoms with Crippen molar-refractivity contribution < 1.29 is 13.9 Å². The molecule has 0 saturated heterocycles. The third kappa shape index (κ3) is 3.43. The molecule has 0 heterocycles. The van der Waals surface area contributed by atoms with Crippen LogP contribution in [0.15, 0.2) is 40.9 Å². The molecule has 2 aromatic carbocycles. The van der Waals surface area contributed by atoms with Crippen LogP contribution < -0.4 is 5.73 Å². The zero-order valence-electron chi connectivity index (χ0n) is 10.9. The van der Waals surface area contributed by atoms with Gasteiger partial charge in [0.15, 0.2) is 0 Å². The van der Waals surface area contributed by atoms with Crippen molar-refractivity contribution >= 4 is 27.5 Å². The van der Waals surface area contributed by atoms with Gasteiger partial charge < -0.3 is 10.8 Å². The van der Waals surface area contributed by atoms with Gasteiger partial charge in [-0.15, -0.1) is 0 Å². The molecule has 2 aromatic rings. The smallest absolute Gasteiger partial charge is 0.130 e. The largest absolute Gasteiger partial charge is 0.388 e. The summed E-state index contributed by atoms with van der Waals surface area (Å²) in [6.07, 6.45) is -1.20. The van der Waals surface area contributed by atoms with Gasteiger partial charge in [-0.25, -0.2) is 8.78 Å². The second-order valence-electron chi connectivity index (χ2n) is 4.59. The Balaban J connectivity index is 2.46. The van der Waals surface area contributed by atoms with Gasteiger partial charge in [0.05, 0.1) is 6.10 Å². The average molecular weight is 377 g/mol. The predicted molar refractivity (Wildman–Crippen MR) is 82.3 cm³/mol. The van der Waals surface area contributed by atoms with Crippen LogP contribution in [0.1, 0.15) is 23.1 Å². The first kappa shape index (κ1) is 16.4. The lowest BCUT2D eigenvalue weighted by molar-refractivity contribution is 0.142. The summed E-state index contributed by atoms with van der Waals surface area (Å²) in [5.74, 6) is -1.68. The van der Waals surface area contributed by atoms with Crippen molar-refractivity contribution in [2.75, 3.05) is 6.54 Å². The van der Waals surface area contributed by atoms with E-state index >= 15 is 0 Å². The van der Waals surface area contributed by atoms with Crippen molar-refractivity contribution in [3.05, 3.63) is 68.7 Å². The Morgan fingerprint density at radius 1 is 1.24 bits per heavy atom. The monoisotopic (exact) mass is 375 g/mol. The first-order valence-electron chi connectivity index (χ1n) is 6.22. The minimum atomic E-state index is -1.20. The second kappa shape index (κ2) is 6.83. The van der Waals surface area contributed by atoms with Crippen LogP contribution in [-0.4, -0.2) is 11.7 Å². The van der Waals surface area contributed by atoms with Gasteiger partial charge in [-0.1, -0.05) is 39.7 Å². The van der Waals surface area contributed by atoms with Crippen LogP contribution in [-0.2, 0) is 0 Å². The maximum Gasteiger partial charge on any atom is 0.130 e. The molecular formula is C15H13BrClF2NO. The summed E-state index contributed by atoms with van der Waals surface area (Å²) in [6, 6.07) is 8.23. The fourth-order valence-corrected chi connectivity index (χ4v) is 3.11. The lowest BCUT2D eigenvalue weighted by Gasteiger charge is -2.24. The van der Waals surface area contributed by atoms with Crippen molar-refractivity contribution in [2.24, 2.45) is 5.73 Å². The normalized spacial score (nSPS) is 14.0. The molecule has 0 saturated carbocycles.